The molecule has 0 saturated carbocycles. The number of rotatable bonds is 7. The lowest BCUT2D eigenvalue weighted by Gasteiger charge is -2.25. The maximum absolute atomic E-state index is 14.0. The number of thiazole rings is 1. The molecular formula is C32H31N3O5S2. The molecule has 0 spiro atoms. The predicted molar refractivity (Wildman–Crippen MR) is 165 cm³/mol. The molecule has 8 nitrogen and oxygen atoms in total. The molecule has 2 aromatic heterocycles. The summed E-state index contributed by atoms with van der Waals surface area (Å²) in [6.45, 7) is 9.29. The van der Waals surface area contributed by atoms with E-state index in [0.29, 0.717) is 20.6 Å². The standard InChI is InChI=1S/C32H31N3O5S2/c1-17(2)40-31(39)27-19(4)33-32-35(28(27)21-9-13-25(41-6)14-10-21)29(36)26(42-32)16-23-15-18(3)34(20(23)5)24-11-7-22(8-12-24)30(37)38/h7-17,28H,1-6H3,(H,37,38)/b26-16-/t28-/m0/s1. The Balaban J connectivity index is 1.65. The maximum Gasteiger partial charge on any atom is 0.338 e. The van der Waals surface area contributed by atoms with Crippen LogP contribution in [0.2, 0.25) is 0 Å². The van der Waals surface area contributed by atoms with Crippen molar-refractivity contribution in [3.8, 4) is 5.69 Å². The van der Waals surface area contributed by atoms with Crippen molar-refractivity contribution >= 4 is 41.1 Å². The lowest BCUT2D eigenvalue weighted by Crippen LogP contribution is -2.40. The first-order valence-electron chi connectivity index (χ1n) is 13.4. The van der Waals surface area contributed by atoms with Crippen LogP contribution >= 0.6 is 23.1 Å². The number of hydrogen-bond acceptors (Lipinski definition) is 7. The molecule has 3 heterocycles. The van der Waals surface area contributed by atoms with E-state index in [2.05, 4.69) is 4.99 Å². The third kappa shape index (κ3) is 5.39. The summed E-state index contributed by atoms with van der Waals surface area (Å²) in [5.41, 5.74) is 5.18. The fraction of sp³-hybridized carbons (Fsp3) is 0.250. The summed E-state index contributed by atoms with van der Waals surface area (Å²) < 4.78 is 9.70. The molecular weight excluding hydrogens is 571 g/mol. The Bertz CT molecular complexity index is 1910. The van der Waals surface area contributed by atoms with Crippen molar-refractivity contribution in [2.24, 2.45) is 4.99 Å². The Morgan fingerprint density at radius 2 is 1.74 bits per heavy atom. The van der Waals surface area contributed by atoms with Gasteiger partial charge in [0.1, 0.15) is 0 Å². The van der Waals surface area contributed by atoms with Crippen LogP contribution in [0.5, 0.6) is 0 Å². The van der Waals surface area contributed by atoms with E-state index >= 15 is 0 Å². The normalized spacial score (nSPS) is 15.1. The number of esters is 1. The van der Waals surface area contributed by atoms with Gasteiger partial charge in [0.25, 0.3) is 5.56 Å². The van der Waals surface area contributed by atoms with Gasteiger partial charge in [-0.25, -0.2) is 14.6 Å². The number of aromatic nitrogens is 2. The first kappa shape index (κ1) is 29.3. The zero-order valence-electron chi connectivity index (χ0n) is 24.2. The van der Waals surface area contributed by atoms with Crippen molar-refractivity contribution in [2.45, 2.75) is 51.7 Å². The molecule has 1 N–H and O–H groups in total. The average Bonchev–Trinajstić information content (AvgIpc) is 3.41. The Morgan fingerprint density at radius 1 is 1.07 bits per heavy atom. The minimum Gasteiger partial charge on any atom is -0.478 e. The summed E-state index contributed by atoms with van der Waals surface area (Å²) in [4.78, 5) is 44.9. The van der Waals surface area contributed by atoms with Gasteiger partial charge in [-0.15, -0.1) is 11.8 Å². The number of carbonyl (C=O) groups is 2. The van der Waals surface area contributed by atoms with Crippen LogP contribution in [0.4, 0.5) is 0 Å². The van der Waals surface area contributed by atoms with E-state index < -0.39 is 18.0 Å². The third-order valence-corrected chi connectivity index (χ3v) is 8.87. The minimum atomic E-state index is -0.979. The molecule has 5 rings (SSSR count). The molecule has 1 aliphatic rings. The summed E-state index contributed by atoms with van der Waals surface area (Å²) >= 11 is 2.90. The Labute approximate surface area is 251 Å². The van der Waals surface area contributed by atoms with Crippen LogP contribution in [0.3, 0.4) is 0 Å². The van der Waals surface area contributed by atoms with Gasteiger partial charge in [-0.3, -0.25) is 9.36 Å². The fourth-order valence-electron chi connectivity index (χ4n) is 5.19. The number of ether oxygens (including phenoxy) is 1. The number of thioether (sulfide) groups is 1. The van der Waals surface area contributed by atoms with Gasteiger partial charge >= 0.3 is 11.9 Å². The van der Waals surface area contributed by atoms with Gasteiger partial charge in [-0.2, -0.15) is 0 Å². The lowest BCUT2D eigenvalue weighted by molar-refractivity contribution is -0.143. The molecule has 10 heteroatoms. The largest absolute Gasteiger partial charge is 0.478 e. The van der Waals surface area contributed by atoms with Crippen molar-refractivity contribution in [1.29, 1.82) is 0 Å². The van der Waals surface area contributed by atoms with E-state index in [4.69, 9.17) is 4.74 Å². The molecule has 0 amide bonds. The first-order valence-corrected chi connectivity index (χ1v) is 15.4. The van der Waals surface area contributed by atoms with E-state index in [-0.39, 0.29) is 17.2 Å². The number of nitrogens with zero attached hydrogens (tertiary/aromatic N) is 3. The van der Waals surface area contributed by atoms with E-state index in [1.165, 1.54) is 11.3 Å². The number of aromatic carboxylic acids is 1. The smallest absolute Gasteiger partial charge is 0.338 e. The van der Waals surface area contributed by atoms with Crippen molar-refractivity contribution in [3.05, 3.63) is 114 Å². The predicted octanol–water partition coefficient (Wildman–Crippen LogP) is 5.01. The fourth-order valence-corrected chi connectivity index (χ4v) is 6.63. The van der Waals surface area contributed by atoms with Crippen LogP contribution in [0.25, 0.3) is 11.8 Å². The quantitative estimate of drug-likeness (QED) is 0.236. The molecule has 0 saturated heterocycles. The van der Waals surface area contributed by atoms with Crippen LogP contribution in [0.15, 0.2) is 80.5 Å². The van der Waals surface area contributed by atoms with Crippen molar-refractivity contribution in [1.82, 2.24) is 9.13 Å². The van der Waals surface area contributed by atoms with Gasteiger partial charge in [0, 0.05) is 22.0 Å². The average molecular weight is 602 g/mol. The van der Waals surface area contributed by atoms with E-state index in [1.807, 2.05) is 61.1 Å². The Morgan fingerprint density at radius 3 is 2.33 bits per heavy atom. The van der Waals surface area contributed by atoms with Crippen LogP contribution < -0.4 is 14.9 Å². The molecule has 216 valence electrons. The van der Waals surface area contributed by atoms with E-state index in [1.54, 1.807) is 61.4 Å². The molecule has 0 unspecified atom stereocenters. The zero-order valence-corrected chi connectivity index (χ0v) is 25.8. The molecule has 1 atom stereocenters. The topological polar surface area (TPSA) is 103 Å². The highest BCUT2D eigenvalue weighted by atomic mass is 32.2. The second-order valence-corrected chi connectivity index (χ2v) is 12.2. The van der Waals surface area contributed by atoms with Crippen LogP contribution in [-0.2, 0) is 9.53 Å². The number of carbonyl (C=O) groups excluding carboxylic acids is 1. The molecule has 1 aliphatic heterocycles. The second-order valence-electron chi connectivity index (χ2n) is 10.3. The van der Waals surface area contributed by atoms with Gasteiger partial charge in [0.15, 0.2) is 4.80 Å². The maximum atomic E-state index is 14.0. The highest BCUT2D eigenvalue weighted by Gasteiger charge is 2.33. The van der Waals surface area contributed by atoms with Gasteiger partial charge in [-0.1, -0.05) is 23.5 Å². The zero-order chi connectivity index (χ0) is 30.3. The van der Waals surface area contributed by atoms with E-state index in [0.717, 1.165) is 33.1 Å². The number of hydrogen-bond donors (Lipinski definition) is 1. The Kier molecular flexibility index (Phi) is 8.12. The summed E-state index contributed by atoms with van der Waals surface area (Å²) in [5.74, 6) is -1.47. The molecule has 4 aromatic rings. The van der Waals surface area contributed by atoms with Gasteiger partial charge in [0.05, 0.1) is 33.5 Å². The summed E-state index contributed by atoms with van der Waals surface area (Å²) in [6, 6.07) is 15.8. The highest BCUT2D eigenvalue weighted by molar-refractivity contribution is 7.98. The van der Waals surface area contributed by atoms with Crippen molar-refractivity contribution in [3.63, 3.8) is 0 Å². The minimum absolute atomic E-state index is 0.215. The number of benzene rings is 2. The first-order chi connectivity index (χ1) is 20.0. The van der Waals surface area contributed by atoms with Crippen molar-refractivity contribution in [2.75, 3.05) is 6.26 Å². The molecule has 0 fully saturated rings. The van der Waals surface area contributed by atoms with Crippen LogP contribution in [-0.4, -0.2) is 38.5 Å². The van der Waals surface area contributed by atoms with Crippen LogP contribution in [0.1, 0.15) is 59.7 Å². The number of fused-ring (bicyclic) bond motifs is 1. The molecule has 2 aromatic carbocycles. The summed E-state index contributed by atoms with van der Waals surface area (Å²) in [7, 11) is 0. The number of carboxylic acids is 1. The van der Waals surface area contributed by atoms with Crippen LogP contribution in [0, 0.1) is 13.8 Å². The third-order valence-electron chi connectivity index (χ3n) is 7.15. The molecule has 42 heavy (non-hydrogen) atoms. The van der Waals surface area contributed by atoms with Crippen molar-refractivity contribution < 1.29 is 19.4 Å². The van der Waals surface area contributed by atoms with E-state index in [9.17, 15) is 19.5 Å². The Hall–Kier alpha value is -4.15. The molecule has 0 radical (unpaired) electrons. The summed E-state index contributed by atoms with van der Waals surface area (Å²) in [6.07, 6.45) is 3.53. The van der Waals surface area contributed by atoms with Gasteiger partial charge in [-0.05, 0) is 101 Å². The SMILES string of the molecule is CSc1ccc([C@H]2C(C(=O)OC(C)C)=C(C)N=c3s/c(=C\c4cc(C)n(-c5ccc(C(=O)O)cc5)c4C)c(=O)n32)cc1. The second kappa shape index (κ2) is 11.6. The van der Waals surface area contributed by atoms with Gasteiger partial charge < -0.3 is 14.4 Å². The number of allylic oxidation sites excluding steroid dienone is 1. The number of aryl methyl sites for hydroxylation is 1. The molecule has 0 aliphatic carbocycles. The highest BCUT2D eigenvalue weighted by Crippen LogP contribution is 2.32. The van der Waals surface area contributed by atoms with Gasteiger partial charge in [0.2, 0.25) is 0 Å². The number of carboxylic acid groups (broad SMARTS) is 1. The summed E-state index contributed by atoms with van der Waals surface area (Å²) in [5, 5.41) is 9.26. The lowest BCUT2D eigenvalue weighted by atomic mass is 9.96. The molecule has 0 bridgehead atoms. The monoisotopic (exact) mass is 601 g/mol.